The molecule has 0 saturated carbocycles. The first-order chi connectivity index (χ1) is 7.17. The predicted molar refractivity (Wildman–Crippen MR) is 75.8 cm³/mol. The summed E-state index contributed by atoms with van der Waals surface area (Å²) in [5.74, 6) is 2.34. The van der Waals surface area contributed by atoms with Gasteiger partial charge in [0.1, 0.15) is 0 Å². The third-order valence-corrected chi connectivity index (χ3v) is 4.14. The van der Waals surface area contributed by atoms with Gasteiger partial charge in [0.05, 0.1) is 0 Å². The van der Waals surface area contributed by atoms with Gasteiger partial charge in [-0.15, -0.1) is 0 Å². The van der Waals surface area contributed by atoms with Crippen LogP contribution in [0.2, 0.25) is 39.3 Å². The molecule has 0 heterocycles. The van der Waals surface area contributed by atoms with Crippen molar-refractivity contribution in [1.29, 1.82) is 0 Å². The van der Waals surface area contributed by atoms with Crippen molar-refractivity contribution in [2.45, 2.75) is 65.0 Å². The quantitative estimate of drug-likeness (QED) is 0.704. The summed E-state index contributed by atoms with van der Waals surface area (Å²) in [6.45, 7) is 13.5. The molecular weight excluding hydrogens is 232 g/mol. The molecule has 0 N–H and O–H groups in total. The van der Waals surface area contributed by atoms with Crippen LogP contribution in [0.3, 0.4) is 0 Å². The Kier molecular flexibility index (Phi) is 4.29. The van der Waals surface area contributed by atoms with Crippen molar-refractivity contribution in [3.05, 3.63) is 11.5 Å². The van der Waals surface area contributed by atoms with Gasteiger partial charge >= 0.3 is 102 Å². The molecular formula is C12H27O2Si2-. The summed E-state index contributed by atoms with van der Waals surface area (Å²) >= 11 is 0. The van der Waals surface area contributed by atoms with E-state index in [1.807, 2.05) is 0 Å². The van der Waals surface area contributed by atoms with Crippen molar-refractivity contribution in [1.82, 2.24) is 0 Å². The zero-order chi connectivity index (χ0) is 12.4. The van der Waals surface area contributed by atoms with Gasteiger partial charge in [-0.2, -0.15) is 0 Å². The Morgan fingerprint density at radius 3 is 1.88 bits per heavy atom. The van der Waals surface area contributed by atoms with Crippen LogP contribution in [0.5, 0.6) is 0 Å². The monoisotopic (exact) mass is 259 g/mol. The molecule has 0 aromatic rings. The second-order valence-electron chi connectivity index (χ2n) is 6.82. The second-order valence-corrected chi connectivity index (χ2v) is 16.4. The van der Waals surface area contributed by atoms with Gasteiger partial charge in [-0.3, -0.25) is 0 Å². The average molecular weight is 260 g/mol. The van der Waals surface area contributed by atoms with Crippen LogP contribution in [-0.2, 0) is 8.85 Å². The zero-order valence-electron chi connectivity index (χ0n) is 11.7. The number of hydrogen-bond donors (Lipinski definition) is 0. The first kappa shape index (κ1) is 13.8. The topological polar surface area (TPSA) is 18.5 Å². The van der Waals surface area contributed by atoms with Crippen molar-refractivity contribution in [2.75, 3.05) is 0 Å². The second kappa shape index (κ2) is 4.96. The number of hydrogen-bond acceptors (Lipinski definition) is 2. The SMILES string of the molecule is C[Si](C)(C)OC1=C(O[SiH-](C)(C)C)CCCC1. The van der Waals surface area contributed by atoms with E-state index in [9.17, 15) is 0 Å². The zero-order valence-corrected chi connectivity index (χ0v) is 13.9. The molecule has 1 aliphatic carbocycles. The van der Waals surface area contributed by atoms with E-state index in [2.05, 4.69) is 39.3 Å². The molecule has 1 rings (SSSR count). The molecule has 0 aliphatic heterocycles. The van der Waals surface area contributed by atoms with Gasteiger partial charge in [0.15, 0.2) is 0 Å². The van der Waals surface area contributed by atoms with Crippen LogP contribution >= 0.6 is 0 Å². The molecule has 4 heteroatoms. The summed E-state index contributed by atoms with van der Waals surface area (Å²) in [6, 6.07) is 0. The fourth-order valence-corrected chi connectivity index (χ4v) is 3.94. The fourth-order valence-electron chi connectivity index (χ4n) is 1.88. The summed E-state index contributed by atoms with van der Waals surface area (Å²) in [5, 5.41) is 0. The van der Waals surface area contributed by atoms with E-state index in [-0.39, 0.29) is 0 Å². The molecule has 2 nitrogen and oxygen atoms in total. The van der Waals surface area contributed by atoms with Crippen LogP contribution in [0.1, 0.15) is 25.7 Å². The van der Waals surface area contributed by atoms with E-state index < -0.39 is 16.6 Å². The molecule has 0 fully saturated rings. The maximum atomic E-state index is 6.18. The van der Waals surface area contributed by atoms with Crippen molar-refractivity contribution in [2.24, 2.45) is 0 Å². The van der Waals surface area contributed by atoms with Crippen LogP contribution in [-0.4, -0.2) is 16.6 Å². The molecule has 1 aliphatic rings. The van der Waals surface area contributed by atoms with Crippen LogP contribution < -0.4 is 0 Å². The molecule has 0 spiro atoms. The Bertz CT molecular complexity index is 244. The van der Waals surface area contributed by atoms with E-state index >= 15 is 0 Å². The minimum absolute atomic E-state index is 1.08. The third-order valence-electron chi connectivity index (χ3n) is 2.29. The Morgan fingerprint density at radius 1 is 0.938 bits per heavy atom. The molecule has 0 aromatic heterocycles. The average Bonchev–Trinajstić information content (AvgIpc) is 2.03. The third kappa shape index (κ3) is 5.21. The van der Waals surface area contributed by atoms with Gasteiger partial charge in [0.25, 0.3) is 0 Å². The first-order valence-electron chi connectivity index (χ1n) is 6.54. The van der Waals surface area contributed by atoms with Gasteiger partial charge < -0.3 is 0 Å². The van der Waals surface area contributed by atoms with Crippen molar-refractivity contribution in [3.8, 4) is 0 Å². The van der Waals surface area contributed by atoms with Gasteiger partial charge in [-0.1, -0.05) is 0 Å². The molecule has 0 radical (unpaired) electrons. The summed E-state index contributed by atoms with van der Waals surface area (Å²) in [6.07, 6.45) is 4.66. The van der Waals surface area contributed by atoms with Gasteiger partial charge in [-0.25, -0.2) is 0 Å². The molecule has 0 aromatic carbocycles. The van der Waals surface area contributed by atoms with E-state index in [0.29, 0.717) is 0 Å². The standard InChI is InChI=1S/C12H27O2Si2/c1-15(2,3)13-11-9-7-8-10-12(11)14-16(4,5)6/h15H,7-10H2,1-6H3/q-1. The number of rotatable bonds is 4. The molecule has 0 amide bonds. The number of allylic oxidation sites excluding steroid dienone is 2. The molecule has 0 bridgehead atoms. The molecule has 0 atom stereocenters. The van der Waals surface area contributed by atoms with E-state index in [1.54, 1.807) is 0 Å². The Balaban J connectivity index is 2.79. The fraction of sp³-hybridized carbons (Fsp3) is 0.833. The van der Waals surface area contributed by atoms with E-state index in [4.69, 9.17) is 8.85 Å². The minimum atomic E-state index is -1.76. The van der Waals surface area contributed by atoms with E-state index in [1.165, 1.54) is 24.4 Å². The summed E-state index contributed by atoms with van der Waals surface area (Å²) in [7, 11) is -3.24. The first-order valence-corrected chi connectivity index (χ1v) is 13.9. The van der Waals surface area contributed by atoms with Crippen LogP contribution in [0, 0.1) is 0 Å². The molecule has 16 heavy (non-hydrogen) atoms. The van der Waals surface area contributed by atoms with Crippen LogP contribution in [0.15, 0.2) is 11.5 Å². The molecule has 96 valence electrons. The maximum absolute atomic E-state index is 6.18. The molecule has 0 unspecified atom stereocenters. The van der Waals surface area contributed by atoms with Crippen LogP contribution in [0.4, 0.5) is 0 Å². The summed E-state index contributed by atoms with van der Waals surface area (Å²) in [5.41, 5.74) is 0. The van der Waals surface area contributed by atoms with Gasteiger partial charge in [-0.05, 0) is 0 Å². The Labute approximate surface area is 102 Å². The molecule has 0 saturated heterocycles. The van der Waals surface area contributed by atoms with Gasteiger partial charge in [0, 0.05) is 0 Å². The van der Waals surface area contributed by atoms with Crippen molar-refractivity contribution in [3.63, 3.8) is 0 Å². The van der Waals surface area contributed by atoms with Crippen molar-refractivity contribution < 1.29 is 8.85 Å². The van der Waals surface area contributed by atoms with Crippen LogP contribution in [0.25, 0.3) is 0 Å². The van der Waals surface area contributed by atoms with Crippen molar-refractivity contribution >= 4 is 16.6 Å². The predicted octanol–water partition coefficient (Wildman–Crippen LogP) is 4.21. The summed E-state index contributed by atoms with van der Waals surface area (Å²) in [4.78, 5) is 0. The van der Waals surface area contributed by atoms with E-state index in [0.717, 1.165) is 12.8 Å². The Morgan fingerprint density at radius 2 is 1.44 bits per heavy atom. The van der Waals surface area contributed by atoms with Gasteiger partial charge in [0.2, 0.25) is 0 Å². The summed E-state index contributed by atoms with van der Waals surface area (Å²) < 4.78 is 12.3. The normalized spacial score (nSPS) is 19.6. The Hall–Kier alpha value is -0.226.